The number of aliphatic hydroxyl groups excluding tert-OH is 1. The highest BCUT2D eigenvalue weighted by atomic mass is 16.6. The summed E-state index contributed by atoms with van der Waals surface area (Å²) in [4.78, 5) is 31.4. The van der Waals surface area contributed by atoms with Crippen molar-refractivity contribution in [2.24, 2.45) is 0 Å². The summed E-state index contributed by atoms with van der Waals surface area (Å²) in [6.07, 6.45) is 1.71. The van der Waals surface area contributed by atoms with Crippen molar-refractivity contribution in [2.45, 2.75) is 135 Å². The van der Waals surface area contributed by atoms with Gasteiger partial charge in [-0.3, -0.25) is 20.1 Å². The lowest BCUT2D eigenvalue weighted by Gasteiger charge is -2.53. The fourth-order valence-electron chi connectivity index (χ4n) is 6.69. The minimum absolute atomic E-state index is 0.129. The molecule has 9 nitrogen and oxygen atoms in total. The van der Waals surface area contributed by atoms with E-state index in [-0.39, 0.29) is 51.2 Å². The molecular weight excluding hydrogens is 486 g/mol. The summed E-state index contributed by atoms with van der Waals surface area (Å²) in [6.45, 7) is 20.0. The van der Waals surface area contributed by atoms with Crippen LogP contribution in [0.5, 0.6) is 0 Å². The van der Waals surface area contributed by atoms with Gasteiger partial charge in [0.1, 0.15) is 29.1 Å². The highest BCUT2D eigenvalue weighted by Gasteiger charge is 2.47. The lowest BCUT2D eigenvalue weighted by atomic mass is 9.78. The van der Waals surface area contributed by atoms with Crippen molar-refractivity contribution in [1.29, 1.82) is 0 Å². The van der Waals surface area contributed by atoms with Gasteiger partial charge in [-0.25, -0.2) is 9.59 Å². The Morgan fingerprint density at radius 1 is 0.763 bits per heavy atom. The van der Waals surface area contributed by atoms with Crippen LogP contribution in [0.25, 0.3) is 0 Å². The van der Waals surface area contributed by atoms with Crippen LogP contribution in [0, 0.1) is 0 Å². The van der Waals surface area contributed by atoms with Crippen LogP contribution in [0.15, 0.2) is 22.6 Å². The van der Waals surface area contributed by atoms with Gasteiger partial charge in [-0.1, -0.05) is 0 Å². The molecule has 2 fully saturated rings. The van der Waals surface area contributed by atoms with Crippen LogP contribution in [0.2, 0.25) is 0 Å². The summed E-state index contributed by atoms with van der Waals surface area (Å²) >= 11 is 0. The highest BCUT2D eigenvalue weighted by Crippen LogP contribution is 2.41. The van der Waals surface area contributed by atoms with Gasteiger partial charge in [0.25, 0.3) is 0 Å². The van der Waals surface area contributed by atoms with E-state index in [9.17, 15) is 19.9 Å². The Kier molecular flexibility index (Phi) is 7.87. The normalized spacial score (nSPS) is 28.4. The Bertz CT molecular complexity index is 1000. The third-order valence-electron chi connectivity index (χ3n) is 9.49. The maximum Gasteiger partial charge on any atom is 0.344 e. The standard InChI is InChI=1S/C29H49N3O6/c1-17-21(24(34)37-19-13-26(3,4)30(11)27(5,6)14-19)23(33)22(18(2)32(17)36)25(35)38-20-15-28(7,8)31(12)29(9,10)16-20/h17,19-20,33,36H,13-16H2,1-12H3. The predicted octanol–water partition coefficient (Wildman–Crippen LogP) is 4.56. The van der Waals surface area contributed by atoms with E-state index in [1.54, 1.807) is 6.92 Å². The molecule has 9 heteroatoms. The number of carbonyl (C=O) groups is 2. The molecule has 0 aromatic carbocycles. The Morgan fingerprint density at radius 3 is 1.47 bits per heavy atom. The molecule has 0 aromatic rings. The number of hydrogen-bond donors (Lipinski definition) is 2. The number of likely N-dealkylation sites (tertiary alicyclic amines) is 2. The number of rotatable bonds is 4. The molecule has 0 aromatic heterocycles. The lowest BCUT2D eigenvalue weighted by Crippen LogP contribution is -2.60. The SMILES string of the molecule is CC1=C(C(=O)OC2CC(C)(C)N(C)C(C)(C)C2)C(O)=C(C(=O)OC2CC(C)(C)N(C)C(C)(C)C2)C(C)N1O. The molecule has 0 amide bonds. The van der Waals surface area contributed by atoms with Gasteiger partial charge in [0, 0.05) is 47.8 Å². The van der Waals surface area contributed by atoms with Crippen molar-refractivity contribution >= 4 is 11.9 Å². The van der Waals surface area contributed by atoms with E-state index in [2.05, 4.69) is 79.3 Å². The summed E-state index contributed by atoms with van der Waals surface area (Å²) in [6, 6.07) is -0.896. The molecule has 2 N–H and O–H groups in total. The first-order valence-corrected chi connectivity index (χ1v) is 13.6. The Labute approximate surface area is 228 Å². The molecule has 0 saturated carbocycles. The molecule has 38 heavy (non-hydrogen) atoms. The van der Waals surface area contributed by atoms with Crippen molar-refractivity contribution in [3.63, 3.8) is 0 Å². The number of allylic oxidation sites excluding steroid dienone is 1. The van der Waals surface area contributed by atoms with Crippen LogP contribution in [0.1, 0.15) is 94.9 Å². The van der Waals surface area contributed by atoms with Gasteiger partial charge in [-0.05, 0) is 83.3 Å². The second-order valence-corrected chi connectivity index (χ2v) is 14.0. The van der Waals surface area contributed by atoms with Gasteiger partial charge in [0.15, 0.2) is 0 Å². The molecule has 2 saturated heterocycles. The van der Waals surface area contributed by atoms with Gasteiger partial charge in [0.2, 0.25) is 0 Å². The highest BCUT2D eigenvalue weighted by molar-refractivity contribution is 5.99. The minimum Gasteiger partial charge on any atom is -0.506 e. The average Bonchev–Trinajstić information content (AvgIpc) is 2.73. The molecule has 3 aliphatic heterocycles. The number of hydroxylamine groups is 2. The number of ether oxygens (including phenoxy) is 2. The van der Waals surface area contributed by atoms with E-state index in [0.717, 1.165) is 5.06 Å². The van der Waals surface area contributed by atoms with Crippen LogP contribution in [0.3, 0.4) is 0 Å². The number of piperidine rings is 2. The molecule has 0 aliphatic carbocycles. The molecule has 1 unspecified atom stereocenters. The molecule has 1 atom stereocenters. The van der Waals surface area contributed by atoms with Crippen molar-refractivity contribution in [1.82, 2.24) is 14.9 Å². The molecule has 3 heterocycles. The average molecular weight is 536 g/mol. The largest absolute Gasteiger partial charge is 0.506 e. The van der Waals surface area contributed by atoms with Crippen molar-refractivity contribution in [3.05, 3.63) is 22.6 Å². The fraction of sp³-hybridized carbons (Fsp3) is 0.793. The molecule has 0 radical (unpaired) electrons. The van der Waals surface area contributed by atoms with E-state index >= 15 is 0 Å². The maximum atomic E-state index is 13.4. The summed E-state index contributed by atoms with van der Waals surface area (Å²) in [5.74, 6) is -2.00. The predicted molar refractivity (Wildman–Crippen MR) is 146 cm³/mol. The van der Waals surface area contributed by atoms with Crippen molar-refractivity contribution in [2.75, 3.05) is 14.1 Å². The monoisotopic (exact) mass is 535 g/mol. The van der Waals surface area contributed by atoms with Crippen LogP contribution in [0.4, 0.5) is 0 Å². The zero-order valence-electron chi connectivity index (χ0n) is 25.4. The van der Waals surface area contributed by atoms with Crippen molar-refractivity contribution < 1.29 is 29.4 Å². The molecule has 3 aliphatic rings. The van der Waals surface area contributed by atoms with Crippen LogP contribution >= 0.6 is 0 Å². The first-order valence-electron chi connectivity index (χ1n) is 13.6. The quantitative estimate of drug-likeness (QED) is 0.502. The van der Waals surface area contributed by atoms with E-state index in [1.807, 2.05) is 0 Å². The third kappa shape index (κ3) is 5.47. The van der Waals surface area contributed by atoms with Gasteiger partial charge < -0.3 is 14.6 Å². The van der Waals surface area contributed by atoms with Gasteiger partial charge >= 0.3 is 11.9 Å². The number of hydrogen-bond acceptors (Lipinski definition) is 9. The van der Waals surface area contributed by atoms with Crippen molar-refractivity contribution in [3.8, 4) is 0 Å². The Morgan fingerprint density at radius 2 is 1.11 bits per heavy atom. The second-order valence-electron chi connectivity index (χ2n) is 14.0. The first kappa shape index (κ1) is 30.4. The number of esters is 2. The molecular formula is C29H49N3O6. The summed E-state index contributed by atoms with van der Waals surface area (Å²) in [5.41, 5.74) is -1.05. The molecule has 0 spiro atoms. The Balaban J connectivity index is 1.87. The fourth-order valence-corrected chi connectivity index (χ4v) is 6.69. The smallest absolute Gasteiger partial charge is 0.344 e. The zero-order chi connectivity index (χ0) is 29.2. The third-order valence-corrected chi connectivity index (χ3v) is 9.49. The van der Waals surface area contributed by atoms with E-state index in [4.69, 9.17) is 9.47 Å². The van der Waals surface area contributed by atoms with E-state index in [0.29, 0.717) is 25.7 Å². The molecule has 0 bridgehead atoms. The van der Waals surface area contributed by atoms with E-state index in [1.165, 1.54) is 6.92 Å². The Hall–Kier alpha value is -2.10. The minimum atomic E-state index is -0.896. The lowest BCUT2D eigenvalue weighted by molar-refractivity contribution is -0.158. The number of aliphatic hydroxyl groups is 1. The van der Waals surface area contributed by atoms with Gasteiger partial charge in [-0.2, -0.15) is 0 Å². The molecule has 3 rings (SSSR count). The van der Waals surface area contributed by atoms with Crippen LogP contribution in [-0.2, 0) is 19.1 Å². The molecule has 216 valence electrons. The number of nitrogens with zero attached hydrogens (tertiary/aromatic N) is 3. The second kappa shape index (κ2) is 9.82. The summed E-state index contributed by atoms with van der Waals surface area (Å²) in [7, 11) is 4.13. The first-order chi connectivity index (χ1) is 17.1. The summed E-state index contributed by atoms with van der Waals surface area (Å²) < 4.78 is 11.8. The zero-order valence-corrected chi connectivity index (χ0v) is 25.4. The van der Waals surface area contributed by atoms with Gasteiger partial charge in [-0.15, -0.1) is 0 Å². The maximum absolute atomic E-state index is 13.4. The summed E-state index contributed by atoms with van der Waals surface area (Å²) in [5, 5.41) is 22.9. The topological polar surface area (TPSA) is 103 Å². The van der Waals surface area contributed by atoms with Gasteiger partial charge in [0.05, 0.1) is 11.7 Å². The van der Waals surface area contributed by atoms with Crippen LogP contribution in [-0.4, -0.2) is 91.6 Å². The van der Waals surface area contributed by atoms with E-state index < -0.39 is 23.7 Å². The van der Waals surface area contributed by atoms with Crippen LogP contribution < -0.4 is 0 Å². The number of carbonyl (C=O) groups excluding carboxylic acids is 2.